The molecule has 33 heavy (non-hydrogen) atoms. The van der Waals surface area contributed by atoms with Crippen LogP contribution in [0.15, 0.2) is 35.3 Å². The van der Waals surface area contributed by atoms with Crippen LogP contribution in [0, 0.1) is 5.82 Å². The summed E-state index contributed by atoms with van der Waals surface area (Å²) < 4.78 is 91.5. The van der Waals surface area contributed by atoms with Crippen LogP contribution in [0.3, 0.4) is 0 Å². The normalized spacial score (nSPS) is 28.8. The minimum absolute atomic E-state index is 0.0599. The maximum atomic E-state index is 14.9. The van der Waals surface area contributed by atoms with Crippen molar-refractivity contribution in [2.45, 2.75) is 36.9 Å². The fourth-order valence-electron chi connectivity index (χ4n) is 3.36. The summed E-state index contributed by atoms with van der Waals surface area (Å²) in [4.78, 5) is 25.4. The molecular weight excluding hydrogens is 484 g/mol. The van der Waals surface area contributed by atoms with Crippen LogP contribution in [0.5, 0.6) is 5.75 Å². The van der Waals surface area contributed by atoms with Crippen molar-refractivity contribution >= 4 is 14.0 Å². The number of hydrogen-bond acceptors (Lipinski definition) is 9. The molecule has 0 bridgehead atoms. The molecule has 4 rings (SSSR count). The van der Waals surface area contributed by atoms with Crippen molar-refractivity contribution in [3.05, 3.63) is 52.3 Å². The number of ether oxygens (including phenoxy) is 1. The van der Waals surface area contributed by atoms with Gasteiger partial charge in [0.1, 0.15) is 0 Å². The molecule has 0 spiro atoms. The molecule has 1 aromatic carbocycles. The molecule has 0 amide bonds. The van der Waals surface area contributed by atoms with Gasteiger partial charge in [0, 0.05) is 0 Å². The molecule has 1 fully saturated rings. The van der Waals surface area contributed by atoms with Gasteiger partial charge in [0.15, 0.2) is 0 Å². The number of hydrogen-bond donors (Lipinski definition) is 3. The number of alkyl halides is 4. The Hall–Kier alpha value is -2.42. The Balaban J connectivity index is 1.64. The summed E-state index contributed by atoms with van der Waals surface area (Å²) in [7, 11) is -4.75. The molecule has 4 N–H and O–H groups in total. The number of nitrogens with two attached hydrogens (primary N) is 1. The van der Waals surface area contributed by atoms with Gasteiger partial charge >= 0.3 is 181 Å². The van der Waals surface area contributed by atoms with Crippen LogP contribution in [-0.2, 0) is 20.4 Å². The summed E-state index contributed by atoms with van der Waals surface area (Å²) in [6, 6.07) is 6.16. The second-order valence-corrected chi connectivity index (χ2v) is 9.07. The van der Waals surface area contributed by atoms with Crippen LogP contribution in [0.25, 0.3) is 0 Å². The maximum absolute atomic E-state index is 14.9. The van der Waals surface area contributed by atoms with Crippen molar-refractivity contribution < 1.29 is 50.3 Å². The van der Waals surface area contributed by atoms with Gasteiger partial charge in [0.2, 0.25) is 0 Å². The molecule has 182 valence electrons. The first-order chi connectivity index (χ1) is 15.4. The van der Waals surface area contributed by atoms with Crippen LogP contribution in [-0.4, -0.2) is 50.2 Å². The third kappa shape index (κ3) is 3.84. The number of para-hydroxylation sites is 1. The molecule has 1 saturated heterocycles. The number of rotatable bonds is 5. The van der Waals surface area contributed by atoms with E-state index in [1.807, 2.05) is 0 Å². The standard InChI is InChI=1S/C17H17F5N3O7P/c18-9-5-25(15(27)24-12(9)23)13-11(26)17(21,22)16(31-13,14(19)20)7-30-33(28)29-6-8-3-1-2-4-10(8)32-33/h1-5,11,13-14,26,28,33H,6-7H2,(H2,23,24,27)/t11-,13-,16+/m1/s1. The molecular formula is C17H17F5N3O7P. The Labute approximate surface area is 181 Å². The van der Waals surface area contributed by atoms with Crippen LogP contribution in [0.1, 0.15) is 11.8 Å². The average Bonchev–Trinajstić information content (AvgIpc) is 2.96. The molecule has 16 heteroatoms. The molecule has 2 aliphatic heterocycles. The predicted molar refractivity (Wildman–Crippen MR) is 101 cm³/mol. The van der Waals surface area contributed by atoms with E-state index in [2.05, 4.69) is 4.98 Å². The summed E-state index contributed by atoms with van der Waals surface area (Å²) in [6.07, 6.45) is -9.27. The van der Waals surface area contributed by atoms with Crippen molar-refractivity contribution in [2.24, 2.45) is 0 Å². The van der Waals surface area contributed by atoms with E-state index >= 15 is 0 Å². The van der Waals surface area contributed by atoms with Crippen molar-refractivity contribution in [2.75, 3.05) is 12.3 Å². The Morgan fingerprint density at radius 2 is 2.06 bits per heavy atom. The van der Waals surface area contributed by atoms with Gasteiger partial charge < -0.3 is 0 Å². The number of aliphatic hydroxyl groups is 1. The fraction of sp³-hybridized carbons (Fsp3) is 0.412. The van der Waals surface area contributed by atoms with Gasteiger partial charge in [-0.2, -0.15) is 0 Å². The van der Waals surface area contributed by atoms with Gasteiger partial charge in [-0.15, -0.1) is 0 Å². The Kier molecular flexibility index (Phi) is 5.83. The summed E-state index contributed by atoms with van der Waals surface area (Å²) in [6.45, 7) is -1.97. The molecule has 3 atom stereocenters. The Bertz CT molecular complexity index is 1120. The minimum atomic E-state index is -4.75. The number of halogens is 5. The van der Waals surface area contributed by atoms with E-state index < -0.39 is 62.4 Å². The number of anilines is 1. The fourth-order valence-corrected chi connectivity index (χ4v) is 4.77. The Morgan fingerprint density at radius 1 is 1.36 bits per heavy atom. The molecule has 1 aromatic heterocycles. The van der Waals surface area contributed by atoms with Gasteiger partial charge in [-0.1, -0.05) is 0 Å². The third-order valence-corrected chi connectivity index (χ3v) is 6.68. The SMILES string of the molecule is Nc1nc(=O)n([C@@H]2O[C@@](CO[PH]3(O)OCc4ccccc4O3)(C(F)F)C(F)(F)[C@@H]2O)cc1F. The molecule has 3 heterocycles. The average molecular weight is 501 g/mol. The molecule has 2 aliphatic rings. The van der Waals surface area contributed by atoms with E-state index in [1.54, 1.807) is 12.1 Å². The number of nitrogens with zero attached hydrogens (tertiary/aromatic N) is 2. The summed E-state index contributed by atoms with van der Waals surface area (Å²) >= 11 is 0. The molecule has 2 aromatic rings. The Morgan fingerprint density at radius 3 is 2.76 bits per heavy atom. The van der Waals surface area contributed by atoms with Gasteiger partial charge in [-0.25, -0.2) is 0 Å². The first kappa shape index (κ1) is 23.7. The van der Waals surface area contributed by atoms with Crippen molar-refractivity contribution in [1.82, 2.24) is 9.55 Å². The zero-order valence-electron chi connectivity index (χ0n) is 16.3. The number of fused-ring (bicyclic) bond motifs is 1. The molecule has 0 saturated carbocycles. The molecule has 10 nitrogen and oxygen atoms in total. The van der Waals surface area contributed by atoms with E-state index in [-0.39, 0.29) is 23.1 Å². The van der Waals surface area contributed by atoms with Gasteiger partial charge in [0.05, 0.1) is 0 Å². The zero-order chi connectivity index (χ0) is 24.2. The second kappa shape index (κ2) is 8.11. The summed E-state index contributed by atoms with van der Waals surface area (Å²) in [5, 5.41) is 10.1. The van der Waals surface area contributed by atoms with Gasteiger partial charge in [-0.05, 0) is 0 Å². The van der Waals surface area contributed by atoms with E-state index in [0.29, 0.717) is 5.56 Å². The van der Waals surface area contributed by atoms with Crippen LogP contribution in [0.2, 0.25) is 0 Å². The van der Waals surface area contributed by atoms with E-state index in [9.17, 15) is 36.7 Å². The number of aromatic nitrogens is 2. The summed E-state index contributed by atoms with van der Waals surface area (Å²) in [5.41, 5.74) is 0.282. The quantitative estimate of drug-likeness (QED) is 0.411. The molecule has 0 aliphatic carbocycles. The van der Waals surface area contributed by atoms with E-state index in [0.717, 1.165) is 0 Å². The third-order valence-electron chi connectivity index (χ3n) is 5.19. The zero-order valence-corrected chi connectivity index (χ0v) is 17.3. The number of nitrogen functional groups attached to an aromatic ring is 1. The van der Waals surface area contributed by atoms with Crippen molar-refractivity contribution in [1.29, 1.82) is 0 Å². The van der Waals surface area contributed by atoms with E-state index in [4.69, 9.17) is 24.0 Å². The van der Waals surface area contributed by atoms with Crippen molar-refractivity contribution in [3.8, 4) is 5.75 Å². The second-order valence-electron chi connectivity index (χ2n) is 7.24. The van der Waals surface area contributed by atoms with Crippen LogP contribution < -0.4 is 15.9 Å². The van der Waals surface area contributed by atoms with Gasteiger partial charge in [-0.3, -0.25) is 0 Å². The van der Waals surface area contributed by atoms with E-state index in [1.165, 1.54) is 12.1 Å². The summed E-state index contributed by atoms with van der Waals surface area (Å²) in [5.74, 6) is -6.88. The predicted octanol–water partition coefficient (Wildman–Crippen LogP) is 1.52. The molecule has 0 radical (unpaired) electrons. The number of benzene rings is 1. The van der Waals surface area contributed by atoms with Crippen molar-refractivity contribution in [3.63, 3.8) is 0 Å². The molecule has 0 unspecified atom stereocenters. The topological polar surface area (TPSA) is 138 Å². The number of aliphatic hydroxyl groups excluding tert-OH is 1. The first-order valence-electron chi connectivity index (χ1n) is 9.23. The van der Waals surface area contributed by atoms with Crippen LogP contribution >= 0.6 is 8.17 Å². The first-order valence-corrected chi connectivity index (χ1v) is 10.9. The van der Waals surface area contributed by atoms with Gasteiger partial charge in [0.25, 0.3) is 0 Å². The van der Waals surface area contributed by atoms with Crippen LogP contribution in [0.4, 0.5) is 27.8 Å². The monoisotopic (exact) mass is 501 g/mol.